The molecule has 2 unspecified atom stereocenters. The van der Waals surface area contributed by atoms with Gasteiger partial charge in [-0.3, -0.25) is 9.59 Å². The molecule has 0 aliphatic carbocycles. The lowest BCUT2D eigenvalue weighted by Gasteiger charge is -2.36. The van der Waals surface area contributed by atoms with Gasteiger partial charge >= 0.3 is 0 Å². The van der Waals surface area contributed by atoms with Gasteiger partial charge in [-0.05, 0) is 25.7 Å². The number of rotatable bonds is 5. The molecule has 2 fully saturated rings. The zero-order valence-corrected chi connectivity index (χ0v) is 12.6. The summed E-state index contributed by atoms with van der Waals surface area (Å²) in [5, 5.41) is 0. The highest BCUT2D eigenvalue weighted by Gasteiger charge is 2.39. The molecule has 5 nitrogen and oxygen atoms in total. The summed E-state index contributed by atoms with van der Waals surface area (Å²) in [5.74, 6) is 0.268. The first-order chi connectivity index (χ1) is 9.69. The first-order valence-electron chi connectivity index (χ1n) is 7.78. The van der Waals surface area contributed by atoms with Crippen molar-refractivity contribution in [3.63, 3.8) is 0 Å². The van der Waals surface area contributed by atoms with Crippen molar-refractivity contribution >= 4 is 11.8 Å². The number of ether oxygens (including phenoxy) is 1. The molecule has 2 aliphatic heterocycles. The van der Waals surface area contributed by atoms with Gasteiger partial charge in [0.05, 0.1) is 12.6 Å². The monoisotopic (exact) mass is 282 g/mol. The highest BCUT2D eigenvalue weighted by Crippen LogP contribution is 2.24. The van der Waals surface area contributed by atoms with Crippen LogP contribution in [-0.4, -0.2) is 60.5 Å². The van der Waals surface area contributed by atoms with Crippen LogP contribution < -0.4 is 0 Å². The SMILES string of the molecule is CCCC(COC)N1CCC(=O)N2CCCCC2C1=O. The summed E-state index contributed by atoms with van der Waals surface area (Å²) in [6, 6.07) is -0.123. The molecule has 2 amide bonds. The lowest BCUT2D eigenvalue weighted by Crippen LogP contribution is -2.52. The minimum atomic E-state index is -0.227. The van der Waals surface area contributed by atoms with Crippen molar-refractivity contribution in [1.82, 2.24) is 9.80 Å². The van der Waals surface area contributed by atoms with Crippen molar-refractivity contribution in [2.45, 2.75) is 57.5 Å². The average molecular weight is 282 g/mol. The van der Waals surface area contributed by atoms with E-state index in [0.29, 0.717) is 19.6 Å². The molecule has 20 heavy (non-hydrogen) atoms. The number of nitrogens with zero attached hydrogens (tertiary/aromatic N) is 2. The Morgan fingerprint density at radius 1 is 1.30 bits per heavy atom. The highest BCUT2D eigenvalue weighted by atomic mass is 16.5. The van der Waals surface area contributed by atoms with Crippen LogP contribution in [-0.2, 0) is 14.3 Å². The zero-order chi connectivity index (χ0) is 14.5. The van der Waals surface area contributed by atoms with Gasteiger partial charge in [-0.2, -0.15) is 0 Å². The van der Waals surface area contributed by atoms with Crippen LogP contribution in [0.25, 0.3) is 0 Å². The molecule has 114 valence electrons. The quantitative estimate of drug-likeness (QED) is 0.766. The molecule has 0 bridgehead atoms. The Labute approximate surface area is 121 Å². The summed E-state index contributed by atoms with van der Waals surface area (Å²) in [7, 11) is 1.67. The fourth-order valence-corrected chi connectivity index (χ4v) is 3.37. The number of fused-ring (bicyclic) bond motifs is 1. The molecule has 2 saturated heterocycles. The van der Waals surface area contributed by atoms with E-state index in [2.05, 4.69) is 6.92 Å². The van der Waals surface area contributed by atoms with Crippen LogP contribution in [0.5, 0.6) is 0 Å². The van der Waals surface area contributed by atoms with Gasteiger partial charge in [0, 0.05) is 26.6 Å². The largest absolute Gasteiger partial charge is 0.383 e. The van der Waals surface area contributed by atoms with Gasteiger partial charge in [0.1, 0.15) is 6.04 Å². The van der Waals surface area contributed by atoms with Crippen LogP contribution in [0.2, 0.25) is 0 Å². The number of carbonyl (C=O) groups excluding carboxylic acids is 2. The van der Waals surface area contributed by atoms with Crippen molar-refractivity contribution in [2.24, 2.45) is 0 Å². The molecule has 0 aromatic carbocycles. The minimum absolute atomic E-state index is 0.104. The maximum Gasteiger partial charge on any atom is 0.245 e. The number of hydrogen-bond acceptors (Lipinski definition) is 3. The normalized spacial score (nSPS) is 25.4. The molecule has 2 rings (SSSR count). The van der Waals surface area contributed by atoms with E-state index in [9.17, 15) is 9.59 Å². The molecule has 2 heterocycles. The van der Waals surface area contributed by atoms with Crippen molar-refractivity contribution < 1.29 is 14.3 Å². The topological polar surface area (TPSA) is 49.9 Å². The lowest BCUT2D eigenvalue weighted by molar-refractivity contribution is -0.145. The van der Waals surface area contributed by atoms with Gasteiger partial charge in [0.2, 0.25) is 11.8 Å². The maximum atomic E-state index is 12.8. The van der Waals surface area contributed by atoms with Crippen LogP contribution in [0.3, 0.4) is 0 Å². The Morgan fingerprint density at radius 2 is 2.10 bits per heavy atom. The molecule has 0 saturated carbocycles. The van der Waals surface area contributed by atoms with Crippen LogP contribution in [0.4, 0.5) is 0 Å². The third kappa shape index (κ3) is 3.14. The van der Waals surface area contributed by atoms with E-state index in [-0.39, 0.29) is 23.9 Å². The molecule has 0 spiro atoms. The van der Waals surface area contributed by atoms with Gasteiger partial charge < -0.3 is 14.5 Å². The van der Waals surface area contributed by atoms with Gasteiger partial charge in [0.15, 0.2) is 0 Å². The van der Waals surface area contributed by atoms with E-state index in [1.54, 1.807) is 7.11 Å². The van der Waals surface area contributed by atoms with Crippen LogP contribution in [0, 0.1) is 0 Å². The molecule has 0 aromatic rings. The Hall–Kier alpha value is -1.10. The Balaban J connectivity index is 2.16. The molecule has 2 aliphatic rings. The van der Waals surface area contributed by atoms with Crippen LogP contribution in [0.15, 0.2) is 0 Å². The second kappa shape index (κ2) is 7.07. The van der Waals surface area contributed by atoms with E-state index >= 15 is 0 Å². The summed E-state index contributed by atoms with van der Waals surface area (Å²) in [6.45, 7) is 3.95. The minimum Gasteiger partial charge on any atom is -0.383 e. The smallest absolute Gasteiger partial charge is 0.245 e. The van der Waals surface area contributed by atoms with Crippen molar-refractivity contribution in [2.75, 3.05) is 26.8 Å². The predicted molar refractivity (Wildman–Crippen MR) is 76.3 cm³/mol. The summed E-state index contributed by atoms with van der Waals surface area (Å²) in [6.07, 6.45) is 5.27. The summed E-state index contributed by atoms with van der Waals surface area (Å²) in [5.41, 5.74) is 0. The second-order valence-corrected chi connectivity index (χ2v) is 5.78. The maximum absolute atomic E-state index is 12.8. The standard InChI is InChI=1S/C15H26N2O3/c1-3-6-12(11-20-2)16-10-8-14(18)17-9-5-4-7-13(17)15(16)19/h12-13H,3-11H2,1-2H3. The summed E-state index contributed by atoms with van der Waals surface area (Å²) in [4.78, 5) is 28.7. The van der Waals surface area contributed by atoms with Crippen molar-refractivity contribution in [3.8, 4) is 0 Å². The van der Waals surface area contributed by atoms with Gasteiger partial charge in [0.25, 0.3) is 0 Å². The van der Waals surface area contributed by atoms with Crippen LogP contribution >= 0.6 is 0 Å². The molecule has 2 atom stereocenters. The van der Waals surface area contributed by atoms with E-state index in [0.717, 1.165) is 38.6 Å². The number of carbonyl (C=O) groups is 2. The first kappa shape index (κ1) is 15.3. The van der Waals surface area contributed by atoms with E-state index < -0.39 is 0 Å². The third-order valence-electron chi connectivity index (χ3n) is 4.38. The summed E-state index contributed by atoms with van der Waals surface area (Å²) < 4.78 is 5.27. The molecule has 0 aromatic heterocycles. The Morgan fingerprint density at radius 3 is 2.80 bits per heavy atom. The number of piperidine rings is 1. The van der Waals surface area contributed by atoms with Crippen LogP contribution in [0.1, 0.15) is 45.4 Å². The van der Waals surface area contributed by atoms with E-state index in [1.165, 1.54) is 0 Å². The third-order valence-corrected chi connectivity index (χ3v) is 4.38. The Bertz CT molecular complexity index is 353. The fourth-order valence-electron chi connectivity index (χ4n) is 3.37. The predicted octanol–water partition coefficient (Wildman–Crippen LogP) is 1.41. The molecular weight excluding hydrogens is 256 g/mol. The average Bonchev–Trinajstić information content (AvgIpc) is 2.58. The van der Waals surface area contributed by atoms with Gasteiger partial charge in [-0.1, -0.05) is 13.3 Å². The first-order valence-corrected chi connectivity index (χ1v) is 7.78. The van der Waals surface area contributed by atoms with E-state index in [4.69, 9.17) is 4.74 Å². The highest BCUT2D eigenvalue weighted by molar-refractivity contribution is 5.90. The number of hydrogen-bond donors (Lipinski definition) is 0. The molecule has 5 heteroatoms. The van der Waals surface area contributed by atoms with Crippen molar-refractivity contribution in [3.05, 3.63) is 0 Å². The fraction of sp³-hybridized carbons (Fsp3) is 0.867. The Kier molecular flexibility index (Phi) is 5.40. The second-order valence-electron chi connectivity index (χ2n) is 5.78. The van der Waals surface area contributed by atoms with Gasteiger partial charge in [-0.15, -0.1) is 0 Å². The molecule has 0 radical (unpaired) electrons. The number of methoxy groups -OCH3 is 1. The molecule has 0 N–H and O–H groups in total. The van der Waals surface area contributed by atoms with E-state index in [1.807, 2.05) is 9.80 Å². The lowest BCUT2D eigenvalue weighted by atomic mass is 10.0. The van der Waals surface area contributed by atoms with Crippen molar-refractivity contribution in [1.29, 1.82) is 0 Å². The molecular formula is C15H26N2O3. The summed E-state index contributed by atoms with van der Waals surface area (Å²) >= 11 is 0. The zero-order valence-electron chi connectivity index (χ0n) is 12.6. The number of amides is 2. The van der Waals surface area contributed by atoms with Gasteiger partial charge in [-0.25, -0.2) is 0 Å².